The van der Waals surface area contributed by atoms with E-state index in [2.05, 4.69) is 42.2 Å². The number of hydrogen-bond donors (Lipinski definition) is 0. The molecule has 1 unspecified atom stereocenters. The van der Waals surface area contributed by atoms with E-state index >= 15 is 0 Å². The van der Waals surface area contributed by atoms with Crippen molar-refractivity contribution in [1.29, 1.82) is 0 Å². The third-order valence-corrected chi connectivity index (χ3v) is 5.84. The second-order valence-corrected chi connectivity index (χ2v) is 7.54. The zero-order valence-corrected chi connectivity index (χ0v) is 14.9. The van der Waals surface area contributed by atoms with Crippen molar-refractivity contribution in [2.75, 3.05) is 13.1 Å². The van der Waals surface area contributed by atoms with Gasteiger partial charge in [0.05, 0.1) is 0 Å². The van der Waals surface area contributed by atoms with Gasteiger partial charge in [-0.15, -0.1) is 0 Å². The zero-order valence-electron chi connectivity index (χ0n) is 14.9. The van der Waals surface area contributed by atoms with Crippen LogP contribution in [0.2, 0.25) is 0 Å². The summed E-state index contributed by atoms with van der Waals surface area (Å²) in [7, 11) is 0. The van der Waals surface area contributed by atoms with Crippen LogP contribution in [0.5, 0.6) is 0 Å². The molecule has 1 aliphatic carbocycles. The highest BCUT2D eigenvalue weighted by Crippen LogP contribution is 2.33. The maximum Gasteiger partial charge on any atom is 0.134 e. The molecule has 0 bridgehead atoms. The Labute approximate surface area is 145 Å². The van der Waals surface area contributed by atoms with Crippen molar-refractivity contribution in [2.45, 2.75) is 64.3 Å². The number of hydrogen-bond acceptors (Lipinski definition) is 2. The summed E-state index contributed by atoms with van der Waals surface area (Å²) in [6, 6.07) is 9.59. The summed E-state index contributed by atoms with van der Waals surface area (Å²) in [4.78, 5) is 2.60. The molecule has 0 spiro atoms. The molecule has 1 saturated heterocycles. The van der Waals surface area contributed by atoms with Gasteiger partial charge >= 0.3 is 0 Å². The van der Waals surface area contributed by atoms with Crippen LogP contribution in [-0.2, 0) is 6.42 Å². The molecule has 2 nitrogen and oxygen atoms in total. The standard InChI is InChI=1S/C22H29NO/c1-17-8-7-14-23(17)15-13-19-16-21-20(11-6-12-22(21)24-19)18-9-4-2-3-5-10-18/h6,9,11-12,16-17H,2-5,7-8,10,13-15H2,1H3. The summed E-state index contributed by atoms with van der Waals surface area (Å²) >= 11 is 0. The second kappa shape index (κ2) is 7.14. The molecule has 1 aromatic carbocycles. The molecular formula is C22H29NO. The van der Waals surface area contributed by atoms with Crippen molar-refractivity contribution >= 4 is 16.5 Å². The first kappa shape index (κ1) is 16.0. The summed E-state index contributed by atoms with van der Waals surface area (Å²) in [5, 5.41) is 1.31. The minimum Gasteiger partial charge on any atom is -0.461 e. The molecule has 2 aromatic rings. The van der Waals surface area contributed by atoms with E-state index in [9.17, 15) is 0 Å². The first-order valence-corrected chi connectivity index (χ1v) is 9.76. The van der Waals surface area contributed by atoms with Crippen LogP contribution in [0.1, 0.15) is 63.2 Å². The monoisotopic (exact) mass is 323 g/mol. The van der Waals surface area contributed by atoms with Crippen molar-refractivity contribution < 1.29 is 4.42 Å². The highest BCUT2D eigenvalue weighted by molar-refractivity contribution is 5.91. The predicted molar refractivity (Wildman–Crippen MR) is 101 cm³/mol. The van der Waals surface area contributed by atoms with Crippen molar-refractivity contribution in [1.82, 2.24) is 4.90 Å². The Morgan fingerprint density at radius 3 is 3.00 bits per heavy atom. The predicted octanol–water partition coefficient (Wildman–Crippen LogP) is 5.81. The summed E-state index contributed by atoms with van der Waals surface area (Å²) in [5.74, 6) is 1.14. The lowest BCUT2D eigenvalue weighted by atomic mass is 9.98. The van der Waals surface area contributed by atoms with Gasteiger partial charge in [-0.2, -0.15) is 0 Å². The van der Waals surface area contributed by atoms with Crippen molar-refractivity contribution in [3.63, 3.8) is 0 Å². The lowest BCUT2D eigenvalue weighted by Crippen LogP contribution is -2.28. The number of furan rings is 1. The minimum atomic E-state index is 0.737. The average molecular weight is 323 g/mol. The first-order chi connectivity index (χ1) is 11.8. The molecule has 0 radical (unpaired) electrons. The van der Waals surface area contributed by atoms with Gasteiger partial charge < -0.3 is 9.32 Å². The molecule has 1 aromatic heterocycles. The Morgan fingerprint density at radius 1 is 1.17 bits per heavy atom. The SMILES string of the molecule is CC1CCCN1CCc1cc2c(C3=CCCCCC3)cccc2o1. The van der Waals surface area contributed by atoms with Crippen LogP contribution in [0.15, 0.2) is 34.8 Å². The van der Waals surface area contributed by atoms with E-state index in [0.717, 1.165) is 30.4 Å². The number of nitrogens with zero attached hydrogens (tertiary/aromatic N) is 1. The normalized spacial score (nSPS) is 22.7. The highest BCUT2D eigenvalue weighted by atomic mass is 16.3. The number of allylic oxidation sites excluding steroid dienone is 2. The van der Waals surface area contributed by atoms with Crippen LogP contribution < -0.4 is 0 Å². The van der Waals surface area contributed by atoms with E-state index < -0.39 is 0 Å². The van der Waals surface area contributed by atoms with Crippen LogP contribution >= 0.6 is 0 Å². The smallest absolute Gasteiger partial charge is 0.134 e. The number of benzene rings is 1. The topological polar surface area (TPSA) is 16.4 Å². The Hall–Kier alpha value is -1.54. The molecule has 0 amide bonds. The molecule has 1 atom stereocenters. The van der Waals surface area contributed by atoms with Gasteiger partial charge in [-0.3, -0.25) is 0 Å². The number of rotatable bonds is 4. The van der Waals surface area contributed by atoms with Crippen LogP contribution in [0.3, 0.4) is 0 Å². The Kier molecular flexibility index (Phi) is 4.75. The molecule has 0 N–H and O–H groups in total. The van der Waals surface area contributed by atoms with E-state index in [1.165, 1.54) is 68.0 Å². The fourth-order valence-corrected chi connectivity index (χ4v) is 4.36. The molecule has 1 aliphatic heterocycles. The largest absolute Gasteiger partial charge is 0.461 e. The van der Waals surface area contributed by atoms with Gasteiger partial charge in [-0.25, -0.2) is 0 Å². The van der Waals surface area contributed by atoms with Gasteiger partial charge in [-0.05, 0) is 75.3 Å². The molecule has 1 fully saturated rings. The van der Waals surface area contributed by atoms with E-state index in [1.807, 2.05) is 0 Å². The maximum atomic E-state index is 6.17. The fraction of sp³-hybridized carbons (Fsp3) is 0.545. The fourth-order valence-electron chi connectivity index (χ4n) is 4.36. The lowest BCUT2D eigenvalue weighted by Gasteiger charge is -2.19. The molecule has 2 heterocycles. The molecule has 4 rings (SSSR count). The quantitative estimate of drug-likeness (QED) is 0.706. The average Bonchev–Trinajstić information content (AvgIpc) is 3.09. The van der Waals surface area contributed by atoms with Gasteiger partial charge in [0.1, 0.15) is 11.3 Å². The van der Waals surface area contributed by atoms with Gasteiger partial charge in [0.25, 0.3) is 0 Å². The van der Waals surface area contributed by atoms with Crippen molar-refractivity contribution in [3.8, 4) is 0 Å². The zero-order chi connectivity index (χ0) is 16.4. The minimum absolute atomic E-state index is 0.737. The van der Waals surface area contributed by atoms with Gasteiger partial charge in [0.15, 0.2) is 0 Å². The van der Waals surface area contributed by atoms with Gasteiger partial charge in [-0.1, -0.05) is 24.6 Å². The number of fused-ring (bicyclic) bond motifs is 1. The van der Waals surface area contributed by atoms with Gasteiger partial charge in [0.2, 0.25) is 0 Å². The summed E-state index contributed by atoms with van der Waals surface area (Å²) in [5.41, 5.74) is 3.99. The summed E-state index contributed by atoms with van der Waals surface area (Å²) < 4.78 is 6.17. The molecule has 2 heteroatoms. The number of likely N-dealkylation sites (tertiary alicyclic amines) is 1. The van der Waals surface area contributed by atoms with Gasteiger partial charge in [0, 0.05) is 24.4 Å². The van der Waals surface area contributed by atoms with E-state index in [0.29, 0.717) is 0 Å². The Bertz CT molecular complexity index is 727. The van der Waals surface area contributed by atoms with Crippen molar-refractivity contribution in [3.05, 3.63) is 41.7 Å². The summed E-state index contributed by atoms with van der Waals surface area (Å²) in [6.07, 6.45) is 12.6. The third kappa shape index (κ3) is 3.30. The highest BCUT2D eigenvalue weighted by Gasteiger charge is 2.20. The molecular weight excluding hydrogens is 294 g/mol. The van der Waals surface area contributed by atoms with Crippen LogP contribution in [0.25, 0.3) is 16.5 Å². The van der Waals surface area contributed by atoms with Crippen molar-refractivity contribution in [2.24, 2.45) is 0 Å². The molecule has 0 saturated carbocycles. The lowest BCUT2D eigenvalue weighted by molar-refractivity contribution is 0.266. The van der Waals surface area contributed by atoms with E-state index in [1.54, 1.807) is 0 Å². The van der Waals surface area contributed by atoms with E-state index in [4.69, 9.17) is 4.42 Å². The van der Waals surface area contributed by atoms with E-state index in [-0.39, 0.29) is 0 Å². The Morgan fingerprint density at radius 2 is 2.12 bits per heavy atom. The second-order valence-electron chi connectivity index (χ2n) is 7.54. The molecule has 2 aliphatic rings. The maximum absolute atomic E-state index is 6.17. The first-order valence-electron chi connectivity index (χ1n) is 9.76. The third-order valence-electron chi connectivity index (χ3n) is 5.84. The molecule has 128 valence electrons. The Balaban J connectivity index is 1.56. The summed E-state index contributed by atoms with van der Waals surface area (Å²) in [6.45, 7) is 4.72. The molecule has 24 heavy (non-hydrogen) atoms. The van der Waals surface area contributed by atoms with Crippen LogP contribution in [0, 0.1) is 0 Å². The van der Waals surface area contributed by atoms with Crippen LogP contribution in [-0.4, -0.2) is 24.0 Å². The van der Waals surface area contributed by atoms with Crippen LogP contribution in [0.4, 0.5) is 0 Å².